The van der Waals surface area contributed by atoms with E-state index < -0.39 is 11.9 Å². The van der Waals surface area contributed by atoms with Gasteiger partial charge in [0.2, 0.25) is 18.2 Å². The average Bonchev–Trinajstić information content (AvgIpc) is 3.25. The van der Waals surface area contributed by atoms with Crippen LogP contribution in [-0.2, 0) is 25.7 Å². The minimum atomic E-state index is -0.624. The molecule has 0 bridgehead atoms. The van der Waals surface area contributed by atoms with Gasteiger partial charge >= 0.3 is 0 Å². The molecule has 4 amide bonds. The van der Waals surface area contributed by atoms with Gasteiger partial charge in [-0.05, 0) is 49.9 Å². The van der Waals surface area contributed by atoms with Crippen LogP contribution in [0.15, 0.2) is 18.2 Å². The molecule has 4 rings (SSSR count). The van der Waals surface area contributed by atoms with Crippen LogP contribution in [-0.4, -0.2) is 92.0 Å². The summed E-state index contributed by atoms with van der Waals surface area (Å²) in [6.45, 7) is 6.47. The van der Waals surface area contributed by atoms with Crippen molar-refractivity contribution < 1.29 is 23.9 Å². The van der Waals surface area contributed by atoms with Gasteiger partial charge in [-0.25, -0.2) is 0 Å². The number of carbonyl (C=O) groups is 4. The minimum absolute atomic E-state index is 0.188. The number of nitrogens with one attached hydrogen (secondary N) is 3. The molecule has 0 radical (unpaired) electrons. The number of carbonyl (C=O) groups excluding carboxylic acids is 4. The van der Waals surface area contributed by atoms with Crippen LogP contribution in [0.1, 0.15) is 60.0 Å². The summed E-state index contributed by atoms with van der Waals surface area (Å²) in [5, 5.41) is 8.66. The number of hydrogen-bond acceptors (Lipinski definition) is 7. The molecule has 3 aliphatic rings. The molecule has 10 nitrogen and oxygen atoms in total. The molecule has 1 atom stereocenters. The lowest BCUT2D eigenvalue weighted by Crippen LogP contribution is -2.52. The van der Waals surface area contributed by atoms with Gasteiger partial charge in [0.05, 0.1) is 6.61 Å². The monoisotopic (exact) mass is 523 g/mol. The number of nitrogens with zero attached hydrogens (tertiary/aromatic N) is 2. The summed E-state index contributed by atoms with van der Waals surface area (Å²) in [5.41, 5.74) is 2.20. The Morgan fingerprint density at radius 1 is 1.11 bits per heavy atom. The Balaban J connectivity index is 1.10. The van der Waals surface area contributed by atoms with E-state index in [1.165, 1.54) is 0 Å². The van der Waals surface area contributed by atoms with Crippen LogP contribution in [0.5, 0.6) is 0 Å². The first-order valence-corrected chi connectivity index (χ1v) is 13.5. The zero-order chi connectivity index (χ0) is 26.7. The summed E-state index contributed by atoms with van der Waals surface area (Å²) >= 11 is 0. The standard InChI is InChI=1S/C28H37N5O5/c34-20-30-22-10-14-32(15-11-22)16-13-29-12-4-18-38-17-2-1-5-21-6-3-7-23-24(21)19-33(28(23)37)25-8-9-26(35)31-27(25)36/h3,6-7,20,22,25,29H,2,4,8-19H2,(H,30,34)(H,31,35,36). The summed E-state index contributed by atoms with van der Waals surface area (Å²) in [6.07, 6.45) is 4.94. The van der Waals surface area contributed by atoms with Gasteiger partial charge in [-0.1, -0.05) is 17.9 Å². The molecule has 2 fully saturated rings. The first kappa shape index (κ1) is 27.8. The number of piperidine rings is 2. The number of rotatable bonds is 12. The van der Waals surface area contributed by atoms with Gasteiger partial charge in [0.15, 0.2) is 0 Å². The Morgan fingerprint density at radius 2 is 1.95 bits per heavy atom. The summed E-state index contributed by atoms with van der Waals surface area (Å²) in [4.78, 5) is 51.1. The molecule has 3 aliphatic heterocycles. The van der Waals surface area contributed by atoms with Crippen molar-refractivity contribution in [3.8, 4) is 11.8 Å². The van der Waals surface area contributed by atoms with Crippen molar-refractivity contribution in [3.63, 3.8) is 0 Å². The zero-order valence-corrected chi connectivity index (χ0v) is 21.8. The minimum Gasteiger partial charge on any atom is -0.380 e. The fourth-order valence-corrected chi connectivity index (χ4v) is 5.17. The summed E-state index contributed by atoms with van der Waals surface area (Å²) in [5.74, 6) is 5.41. The van der Waals surface area contributed by atoms with Crippen LogP contribution in [0.4, 0.5) is 0 Å². The highest BCUT2D eigenvalue weighted by Gasteiger charge is 2.39. The Bertz CT molecular complexity index is 1070. The maximum atomic E-state index is 12.9. The van der Waals surface area contributed by atoms with Gasteiger partial charge in [-0.2, -0.15) is 0 Å². The first-order chi connectivity index (χ1) is 18.6. The Hall–Kier alpha value is -3.26. The second-order valence-electron chi connectivity index (χ2n) is 9.90. The van der Waals surface area contributed by atoms with Crippen molar-refractivity contribution in [1.82, 2.24) is 25.8 Å². The summed E-state index contributed by atoms with van der Waals surface area (Å²) < 4.78 is 5.71. The van der Waals surface area contributed by atoms with E-state index in [4.69, 9.17) is 4.74 Å². The molecule has 204 valence electrons. The van der Waals surface area contributed by atoms with Gasteiger partial charge in [0, 0.05) is 69.3 Å². The van der Waals surface area contributed by atoms with Crippen molar-refractivity contribution in [1.29, 1.82) is 0 Å². The van der Waals surface area contributed by atoms with Crippen molar-refractivity contribution in [2.45, 2.75) is 57.2 Å². The molecule has 1 aromatic carbocycles. The maximum Gasteiger partial charge on any atom is 0.255 e. The van der Waals surface area contributed by atoms with Crippen LogP contribution in [0, 0.1) is 11.8 Å². The number of imide groups is 1. The predicted octanol–water partition coefficient (Wildman–Crippen LogP) is 0.396. The van der Waals surface area contributed by atoms with E-state index in [0.29, 0.717) is 44.2 Å². The maximum absolute atomic E-state index is 12.9. The summed E-state index contributed by atoms with van der Waals surface area (Å²) in [7, 11) is 0. The Labute approximate surface area is 223 Å². The van der Waals surface area contributed by atoms with E-state index in [0.717, 1.165) is 69.5 Å². The van der Waals surface area contributed by atoms with Crippen LogP contribution in [0.2, 0.25) is 0 Å². The molecule has 0 aliphatic carbocycles. The second-order valence-corrected chi connectivity index (χ2v) is 9.90. The van der Waals surface area contributed by atoms with Crippen LogP contribution in [0.25, 0.3) is 0 Å². The van der Waals surface area contributed by atoms with E-state index in [2.05, 4.69) is 32.7 Å². The molecule has 0 aromatic heterocycles. The van der Waals surface area contributed by atoms with Crippen LogP contribution < -0.4 is 16.0 Å². The van der Waals surface area contributed by atoms with E-state index in [1.54, 1.807) is 11.0 Å². The Morgan fingerprint density at radius 3 is 2.74 bits per heavy atom. The molecule has 0 spiro atoms. The number of hydrogen-bond donors (Lipinski definition) is 3. The first-order valence-electron chi connectivity index (χ1n) is 13.5. The molecule has 38 heavy (non-hydrogen) atoms. The molecule has 10 heteroatoms. The SMILES string of the molecule is O=CNC1CCN(CCNCCCOCCC#Cc2cccc3c2CN(C2CCC(=O)NC2=O)C3=O)CC1. The third kappa shape index (κ3) is 7.40. The highest BCUT2D eigenvalue weighted by atomic mass is 16.5. The zero-order valence-electron chi connectivity index (χ0n) is 21.8. The number of benzene rings is 1. The lowest BCUT2D eigenvalue weighted by molar-refractivity contribution is -0.136. The third-order valence-electron chi connectivity index (χ3n) is 7.31. The molecule has 3 heterocycles. The van der Waals surface area contributed by atoms with Crippen molar-refractivity contribution in [3.05, 3.63) is 34.9 Å². The molecule has 2 saturated heterocycles. The van der Waals surface area contributed by atoms with Crippen LogP contribution >= 0.6 is 0 Å². The number of fused-ring (bicyclic) bond motifs is 1. The van der Waals surface area contributed by atoms with E-state index >= 15 is 0 Å². The van der Waals surface area contributed by atoms with E-state index in [1.807, 2.05) is 12.1 Å². The van der Waals surface area contributed by atoms with Gasteiger partial charge in [0.25, 0.3) is 5.91 Å². The van der Waals surface area contributed by atoms with Crippen molar-refractivity contribution in [2.24, 2.45) is 0 Å². The predicted molar refractivity (Wildman–Crippen MR) is 141 cm³/mol. The number of amides is 4. The molecule has 3 N–H and O–H groups in total. The molecule has 1 unspecified atom stereocenters. The lowest BCUT2D eigenvalue weighted by atomic mass is 10.0. The van der Waals surface area contributed by atoms with E-state index in [9.17, 15) is 19.2 Å². The second kappa shape index (κ2) is 14.0. The largest absolute Gasteiger partial charge is 0.380 e. The lowest BCUT2D eigenvalue weighted by Gasteiger charge is -2.31. The normalized spacial score (nSPS) is 20.1. The summed E-state index contributed by atoms with van der Waals surface area (Å²) in [6, 6.07) is 5.17. The highest BCUT2D eigenvalue weighted by Crippen LogP contribution is 2.29. The van der Waals surface area contributed by atoms with Gasteiger partial charge < -0.3 is 25.2 Å². The quantitative estimate of drug-likeness (QED) is 0.157. The Kier molecular flexibility index (Phi) is 10.3. The molecule has 1 aromatic rings. The molecular weight excluding hydrogens is 486 g/mol. The van der Waals surface area contributed by atoms with Gasteiger partial charge in [-0.15, -0.1) is 0 Å². The number of likely N-dealkylation sites (tertiary alicyclic amines) is 1. The highest BCUT2D eigenvalue weighted by molar-refractivity contribution is 6.05. The van der Waals surface area contributed by atoms with E-state index in [-0.39, 0.29) is 18.2 Å². The van der Waals surface area contributed by atoms with Crippen molar-refractivity contribution >= 4 is 24.1 Å². The fourth-order valence-electron chi connectivity index (χ4n) is 5.17. The smallest absolute Gasteiger partial charge is 0.255 e. The van der Waals surface area contributed by atoms with Gasteiger partial charge in [-0.3, -0.25) is 24.5 Å². The fraction of sp³-hybridized carbons (Fsp3) is 0.571. The van der Waals surface area contributed by atoms with Crippen LogP contribution in [0.3, 0.4) is 0 Å². The van der Waals surface area contributed by atoms with Crippen molar-refractivity contribution in [2.75, 3.05) is 45.9 Å². The van der Waals surface area contributed by atoms with Gasteiger partial charge in [0.1, 0.15) is 6.04 Å². The average molecular weight is 524 g/mol. The molecular formula is C28H37N5O5. The third-order valence-corrected chi connectivity index (χ3v) is 7.31. The number of ether oxygens (including phenoxy) is 1. The molecule has 0 saturated carbocycles. The topological polar surface area (TPSA) is 120 Å².